The van der Waals surface area contributed by atoms with E-state index in [0.29, 0.717) is 16.9 Å². The lowest BCUT2D eigenvalue weighted by Crippen LogP contribution is -1.96. The molecule has 0 fully saturated rings. The largest absolute Gasteiger partial charge is 0.504 e. The van der Waals surface area contributed by atoms with E-state index in [1.807, 2.05) is 0 Å². The van der Waals surface area contributed by atoms with E-state index in [0.717, 1.165) is 5.39 Å². The number of benzene rings is 1. The normalized spacial score (nSPS) is 10.5. The quantitative estimate of drug-likeness (QED) is 0.723. The van der Waals surface area contributed by atoms with E-state index >= 15 is 0 Å². The summed E-state index contributed by atoms with van der Waals surface area (Å²) in [5, 5.41) is 10.4. The molecule has 0 unspecified atom stereocenters. The number of ether oxygens (including phenoxy) is 1. The summed E-state index contributed by atoms with van der Waals surface area (Å²) in [7, 11) is 1.47. The van der Waals surface area contributed by atoms with E-state index in [9.17, 15) is 9.90 Å². The summed E-state index contributed by atoms with van der Waals surface area (Å²) in [6, 6.07) is 4.59. The number of hydrogen-bond acceptors (Lipinski definition) is 4. The van der Waals surface area contributed by atoms with Gasteiger partial charge in [0.05, 0.1) is 7.11 Å². The molecule has 0 bridgehead atoms. The SMILES string of the molecule is COc1cc2ccc(=O)oc2c(C)c1O. The van der Waals surface area contributed by atoms with Gasteiger partial charge in [-0.3, -0.25) is 0 Å². The third kappa shape index (κ3) is 1.44. The van der Waals surface area contributed by atoms with Gasteiger partial charge in [-0.15, -0.1) is 0 Å². The van der Waals surface area contributed by atoms with Gasteiger partial charge < -0.3 is 14.3 Å². The van der Waals surface area contributed by atoms with Crippen LogP contribution in [-0.4, -0.2) is 12.2 Å². The van der Waals surface area contributed by atoms with Crippen LogP contribution in [-0.2, 0) is 0 Å². The van der Waals surface area contributed by atoms with Gasteiger partial charge in [-0.05, 0) is 19.1 Å². The molecule has 0 spiro atoms. The standard InChI is InChI=1S/C11H10O4/c1-6-10(13)8(14-2)5-7-3-4-9(12)15-11(6)7/h3-5,13H,1-2H3. The maximum Gasteiger partial charge on any atom is 0.336 e. The van der Waals surface area contributed by atoms with Crippen LogP contribution in [0.5, 0.6) is 11.5 Å². The molecule has 0 aliphatic rings. The lowest BCUT2D eigenvalue weighted by atomic mass is 10.1. The molecule has 0 radical (unpaired) electrons. The van der Waals surface area contributed by atoms with Crippen molar-refractivity contribution in [2.24, 2.45) is 0 Å². The molecule has 0 amide bonds. The fourth-order valence-electron chi connectivity index (χ4n) is 1.49. The van der Waals surface area contributed by atoms with Gasteiger partial charge in [0.25, 0.3) is 0 Å². The highest BCUT2D eigenvalue weighted by Crippen LogP contribution is 2.34. The van der Waals surface area contributed by atoms with Crippen LogP contribution in [0.2, 0.25) is 0 Å². The van der Waals surface area contributed by atoms with Crippen LogP contribution in [0.1, 0.15) is 5.56 Å². The Morgan fingerprint density at radius 3 is 2.80 bits per heavy atom. The van der Waals surface area contributed by atoms with Gasteiger partial charge >= 0.3 is 5.63 Å². The maximum atomic E-state index is 11.0. The highest BCUT2D eigenvalue weighted by Gasteiger charge is 2.11. The first-order valence-corrected chi connectivity index (χ1v) is 4.44. The lowest BCUT2D eigenvalue weighted by molar-refractivity contribution is 0.371. The average molecular weight is 206 g/mol. The van der Waals surface area contributed by atoms with Gasteiger partial charge in [0, 0.05) is 17.0 Å². The average Bonchev–Trinajstić information content (AvgIpc) is 2.24. The summed E-state index contributed by atoms with van der Waals surface area (Å²) in [5.41, 5.74) is 0.456. The van der Waals surface area contributed by atoms with E-state index in [-0.39, 0.29) is 5.75 Å². The van der Waals surface area contributed by atoms with Gasteiger partial charge in [0.1, 0.15) is 5.58 Å². The molecule has 0 saturated heterocycles. The summed E-state index contributed by atoms with van der Waals surface area (Å²) in [6.45, 7) is 1.67. The van der Waals surface area contributed by atoms with Crippen LogP contribution in [0, 0.1) is 6.92 Å². The van der Waals surface area contributed by atoms with Gasteiger partial charge in [0.15, 0.2) is 11.5 Å². The molecule has 0 aliphatic carbocycles. The first-order chi connectivity index (χ1) is 7.13. The number of rotatable bonds is 1. The van der Waals surface area contributed by atoms with E-state index < -0.39 is 5.63 Å². The highest BCUT2D eigenvalue weighted by molar-refractivity contribution is 5.84. The Labute approximate surface area is 85.7 Å². The topological polar surface area (TPSA) is 59.7 Å². The van der Waals surface area contributed by atoms with Crippen molar-refractivity contribution in [3.05, 3.63) is 34.2 Å². The fourth-order valence-corrected chi connectivity index (χ4v) is 1.49. The molecule has 2 rings (SSSR count). The van der Waals surface area contributed by atoms with Crippen LogP contribution < -0.4 is 10.4 Å². The molecule has 1 aromatic heterocycles. The smallest absolute Gasteiger partial charge is 0.336 e. The van der Waals surface area contributed by atoms with Crippen LogP contribution in [0.3, 0.4) is 0 Å². The molecule has 1 heterocycles. The van der Waals surface area contributed by atoms with E-state index in [1.165, 1.54) is 13.2 Å². The van der Waals surface area contributed by atoms with Crippen molar-refractivity contribution in [2.45, 2.75) is 6.92 Å². The fraction of sp³-hybridized carbons (Fsp3) is 0.182. The molecular weight excluding hydrogens is 196 g/mol. The molecule has 0 saturated carbocycles. The molecule has 78 valence electrons. The minimum Gasteiger partial charge on any atom is -0.504 e. The molecular formula is C11H10O4. The zero-order valence-electron chi connectivity index (χ0n) is 8.40. The van der Waals surface area contributed by atoms with Crippen molar-refractivity contribution in [1.29, 1.82) is 0 Å². The van der Waals surface area contributed by atoms with Gasteiger partial charge in [0.2, 0.25) is 0 Å². The van der Waals surface area contributed by atoms with Crippen molar-refractivity contribution >= 4 is 11.0 Å². The molecule has 4 heteroatoms. The zero-order valence-corrected chi connectivity index (χ0v) is 8.40. The molecule has 15 heavy (non-hydrogen) atoms. The number of fused-ring (bicyclic) bond motifs is 1. The Morgan fingerprint density at radius 2 is 2.13 bits per heavy atom. The molecule has 0 atom stereocenters. The second-order valence-corrected chi connectivity index (χ2v) is 3.23. The summed E-state index contributed by atoms with van der Waals surface area (Å²) in [5.74, 6) is 0.369. The molecule has 1 N–H and O–H groups in total. The second kappa shape index (κ2) is 3.31. The zero-order chi connectivity index (χ0) is 11.0. The predicted molar refractivity (Wildman–Crippen MR) is 55.4 cm³/mol. The minimum atomic E-state index is -0.435. The van der Waals surface area contributed by atoms with E-state index in [1.54, 1.807) is 19.1 Å². The third-order valence-corrected chi connectivity index (χ3v) is 2.30. The Kier molecular flexibility index (Phi) is 2.11. The Hall–Kier alpha value is -1.97. The van der Waals surface area contributed by atoms with Crippen molar-refractivity contribution in [3.63, 3.8) is 0 Å². The van der Waals surface area contributed by atoms with Crippen molar-refractivity contribution < 1.29 is 14.3 Å². The Morgan fingerprint density at radius 1 is 1.40 bits per heavy atom. The van der Waals surface area contributed by atoms with Crippen molar-refractivity contribution in [1.82, 2.24) is 0 Å². The summed E-state index contributed by atoms with van der Waals surface area (Å²) in [4.78, 5) is 11.0. The van der Waals surface area contributed by atoms with E-state index in [2.05, 4.69) is 0 Å². The van der Waals surface area contributed by atoms with Gasteiger partial charge in [-0.25, -0.2) is 4.79 Å². The lowest BCUT2D eigenvalue weighted by Gasteiger charge is -2.07. The van der Waals surface area contributed by atoms with Crippen LogP contribution in [0.4, 0.5) is 0 Å². The summed E-state index contributed by atoms with van der Waals surface area (Å²) < 4.78 is 10.00. The van der Waals surface area contributed by atoms with Crippen molar-refractivity contribution in [3.8, 4) is 11.5 Å². The predicted octanol–water partition coefficient (Wildman–Crippen LogP) is 1.82. The minimum absolute atomic E-state index is 0.000602. The molecule has 0 aliphatic heterocycles. The van der Waals surface area contributed by atoms with Gasteiger partial charge in [-0.1, -0.05) is 0 Å². The maximum absolute atomic E-state index is 11.0. The van der Waals surface area contributed by atoms with Gasteiger partial charge in [-0.2, -0.15) is 0 Å². The first-order valence-electron chi connectivity index (χ1n) is 4.44. The highest BCUT2D eigenvalue weighted by atomic mass is 16.5. The Balaban J connectivity index is 2.90. The van der Waals surface area contributed by atoms with Crippen molar-refractivity contribution in [2.75, 3.05) is 7.11 Å². The summed E-state index contributed by atoms with van der Waals surface area (Å²) in [6.07, 6.45) is 0. The van der Waals surface area contributed by atoms with Crippen LogP contribution in [0.15, 0.2) is 27.4 Å². The molecule has 1 aromatic carbocycles. The molecule has 2 aromatic rings. The Bertz CT molecular complexity index is 569. The number of phenols is 1. The van der Waals surface area contributed by atoms with Crippen LogP contribution >= 0.6 is 0 Å². The number of methoxy groups -OCH3 is 1. The first kappa shape index (κ1) is 9.58. The monoisotopic (exact) mass is 206 g/mol. The molecule has 4 nitrogen and oxygen atoms in total. The third-order valence-electron chi connectivity index (χ3n) is 2.30. The summed E-state index contributed by atoms with van der Waals surface area (Å²) >= 11 is 0. The van der Waals surface area contributed by atoms with E-state index in [4.69, 9.17) is 9.15 Å². The number of aryl methyl sites for hydroxylation is 1. The second-order valence-electron chi connectivity index (χ2n) is 3.23. The van der Waals surface area contributed by atoms with Crippen LogP contribution in [0.25, 0.3) is 11.0 Å². The number of aromatic hydroxyl groups is 1. The number of phenolic OH excluding ortho intramolecular Hbond substituents is 1. The number of hydrogen-bond donors (Lipinski definition) is 1.